The maximum absolute atomic E-state index is 4.59. The number of hydrogen-bond donors (Lipinski definition) is 1. The van der Waals surface area contributed by atoms with E-state index in [0.717, 1.165) is 31.6 Å². The summed E-state index contributed by atoms with van der Waals surface area (Å²) in [6.45, 7) is 9.16. The van der Waals surface area contributed by atoms with Crippen molar-refractivity contribution in [1.29, 1.82) is 0 Å². The lowest BCUT2D eigenvalue weighted by molar-refractivity contribution is 0.316. The average Bonchev–Trinajstić information content (AvgIpc) is 3.09. The van der Waals surface area contributed by atoms with Gasteiger partial charge in [-0.1, -0.05) is 13.8 Å². The van der Waals surface area contributed by atoms with Crippen LogP contribution in [0.3, 0.4) is 0 Å². The minimum absolute atomic E-state index is 0.670. The van der Waals surface area contributed by atoms with Crippen LogP contribution in [0.5, 0.6) is 0 Å². The van der Waals surface area contributed by atoms with Gasteiger partial charge in [0.15, 0.2) is 0 Å². The Kier molecular flexibility index (Phi) is 4.29. The second-order valence-electron chi connectivity index (χ2n) is 6.80. The number of nitrogens with zero attached hydrogens (tertiary/aromatic N) is 3. The van der Waals surface area contributed by atoms with Crippen molar-refractivity contribution >= 4 is 5.95 Å². The molecule has 2 aliphatic heterocycles. The molecular weight excluding hydrogens is 248 g/mol. The van der Waals surface area contributed by atoms with Crippen molar-refractivity contribution < 1.29 is 0 Å². The number of piperidine rings is 1. The Balaban J connectivity index is 1.59. The van der Waals surface area contributed by atoms with Crippen molar-refractivity contribution in [3.05, 3.63) is 12.4 Å². The van der Waals surface area contributed by atoms with Crippen LogP contribution in [0.15, 0.2) is 12.4 Å². The van der Waals surface area contributed by atoms with Crippen LogP contribution in [0.25, 0.3) is 0 Å². The fourth-order valence-corrected chi connectivity index (χ4v) is 3.74. The van der Waals surface area contributed by atoms with E-state index in [1.165, 1.54) is 38.2 Å². The summed E-state index contributed by atoms with van der Waals surface area (Å²) >= 11 is 0. The smallest absolute Gasteiger partial charge is 0.205 e. The first-order valence-corrected chi connectivity index (χ1v) is 8.23. The normalized spacial score (nSPS) is 24.8. The van der Waals surface area contributed by atoms with Crippen molar-refractivity contribution in [2.45, 2.75) is 52.1 Å². The molecule has 0 spiro atoms. The molecule has 0 aliphatic carbocycles. The van der Waals surface area contributed by atoms with Crippen molar-refractivity contribution in [3.63, 3.8) is 0 Å². The van der Waals surface area contributed by atoms with Crippen molar-refractivity contribution in [2.75, 3.05) is 24.5 Å². The fraction of sp³-hybridized carbons (Fsp3) is 0.812. The topological polar surface area (TPSA) is 33.1 Å². The number of nitrogens with one attached hydrogen (secondary N) is 1. The Bertz CT molecular complexity index is 412. The molecule has 4 nitrogen and oxygen atoms in total. The van der Waals surface area contributed by atoms with Gasteiger partial charge < -0.3 is 14.8 Å². The summed E-state index contributed by atoms with van der Waals surface area (Å²) < 4.78 is 2.32. The molecule has 1 aromatic rings. The molecule has 0 radical (unpaired) electrons. The predicted molar refractivity (Wildman–Crippen MR) is 83.0 cm³/mol. The van der Waals surface area contributed by atoms with E-state index in [4.69, 9.17) is 0 Å². The minimum Gasteiger partial charge on any atom is -0.342 e. The highest BCUT2D eigenvalue weighted by molar-refractivity contribution is 5.32. The number of imidazole rings is 1. The van der Waals surface area contributed by atoms with Crippen LogP contribution in [0, 0.1) is 11.8 Å². The summed E-state index contributed by atoms with van der Waals surface area (Å²) in [6, 6.07) is 0.785. The lowest BCUT2D eigenvalue weighted by atomic mass is 9.89. The first-order chi connectivity index (χ1) is 9.74. The zero-order valence-corrected chi connectivity index (χ0v) is 12.9. The molecule has 1 atom stereocenters. The molecule has 3 heterocycles. The number of hydrogen-bond acceptors (Lipinski definition) is 3. The quantitative estimate of drug-likeness (QED) is 0.917. The largest absolute Gasteiger partial charge is 0.342 e. The molecule has 2 aliphatic rings. The monoisotopic (exact) mass is 276 g/mol. The summed E-state index contributed by atoms with van der Waals surface area (Å²) in [7, 11) is 0. The molecule has 0 aromatic carbocycles. The van der Waals surface area contributed by atoms with Crippen LogP contribution in [0.2, 0.25) is 0 Å². The van der Waals surface area contributed by atoms with Gasteiger partial charge >= 0.3 is 0 Å². The highest BCUT2D eigenvalue weighted by Gasteiger charge is 2.29. The minimum atomic E-state index is 0.670. The van der Waals surface area contributed by atoms with Gasteiger partial charge in [-0.2, -0.15) is 0 Å². The Hall–Kier alpha value is -1.03. The lowest BCUT2D eigenvalue weighted by Crippen LogP contribution is -2.41. The Labute approximate surface area is 122 Å². The van der Waals surface area contributed by atoms with Gasteiger partial charge in [-0.3, -0.25) is 0 Å². The van der Waals surface area contributed by atoms with E-state index in [0.29, 0.717) is 5.92 Å². The van der Waals surface area contributed by atoms with E-state index >= 15 is 0 Å². The molecule has 112 valence electrons. The second-order valence-corrected chi connectivity index (χ2v) is 6.80. The summed E-state index contributed by atoms with van der Waals surface area (Å²) in [5, 5.41) is 3.67. The van der Waals surface area contributed by atoms with E-state index in [1.54, 1.807) is 0 Å². The molecule has 0 bridgehead atoms. The van der Waals surface area contributed by atoms with E-state index in [-0.39, 0.29) is 0 Å². The van der Waals surface area contributed by atoms with Crippen LogP contribution >= 0.6 is 0 Å². The SMILES string of the molecule is CC(C)Cn1ccnc1N1CCC(C2CCCN2)CC1. The highest BCUT2D eigenvalue weighted by atomic mass is 15.3. The van der Waals surface area contributed by atoms with E-state index in [9.17, 15) is 0 Å². The third-order valence-corrected chi connectivity index (χ3v) is 4.75. The van der Waals surface area contributed by atoms with Gasteiger partial charge in [0.2, 0.25) is 5.95 Å². The molecule has 20 heavy (non-hydrogen) atoms. The summed E-state index contributed by atoms with van der Waals surface area (Å²) in [5.41, 5.74) is 0. The van der Waals surface area contributed by atoms with Crippen LogP contribution in [-0.2, 0) is 6.54 Å². The zero-order chi connectivity index (χ0) is 13.9. The molecule has 0 amide bonds. The van der Waals surface area contributed by atoms with Crippen LogP contribution in [-0.4, -0.2) is 35.2 Å². The van der Waals surface area contributed by atoms with Gasteiger partial charge in [0, 0.05) is 38.1 Å². The molecule has 2 saturated heterocycles. The summed E-state index contributed by atoms with van der Waals surface area (Å²) in [4.78, 5) is 7.07. The zero-order valence-electron chi connectivity index (χ0n) is 12.9. The van der Waals surface area contributed by atoms with Crippen LogP contribution in [0.4, 0.5) is 5.95 Å². The summed E-state index contributed by atoms with van der Waals surface area (Å²) in [5.74, 6) is 2.72. The fourth-order valence-electron chi connectivity index (χ4n) is 3.74. The number of rotatable bonds is 4. The molecule has 1 unspecified atom stereocenters. The number of anilines is 1. The van der Waals surface area contributed by atoms with Crippen LogP contribution < -0.4 is 10.2 Å². The first-order valence-electron chi connectivity index (χ1n) is 8.23. The summed E-state index contributed by atoms with van der Waals surface area (Å²) in [6.07, 6.45) is 9.44. The maximum Gasteiger partial charge on any atom is 0.205 e. The third-order valence-electron chi connectivity index (χ3n) is 4.75. The average molecular weight is 276 g/mol. The Morgan fingerprint density at radius 1 is 1.30 bits per heavy atom. The van der Waals surface area contributed by atoms with E-state index in [1.807, 2.05) is 6.20 Å². The molecule has 4 heteroatoms. The predicted octanol–water partition coefficient (Wildman–Crippen LogP) is 2.51. The van der Waals surface area contributed by atoms with E-state index < -0.39 is 0 Å². The molecule has 2 fully saturated rings. The standard InChI is InChI=1S/C16H28N4/c1-13(2)12-20-11-8-18-16(20)19-9-5-14(6-10-19)15-4-3-7-17-15/h8,11,13-15,17H,3-7,9-10,12H2,1-2H3. The van der Waals surface area contributed by atoms with Gasteiger partial charge in [0.1, 0.15) is 0 Å². The molecule has 0 saturated carbocycles. The molecule has 1 aromatic heterocycles. The van der Waals surface area contributed by atoms with Gasteiger partial charge in [-0.05, 0) is 44.1 Å². The van der Waals surface area contributed by atoms with Gasteiger partial charge in [0.05, 0.1) is 0 Å². The Morgan fingerprint density at radius 2 is 2.10 bits per heavy atom. The maximum atomic E-state index is 4.59. The van der Waals surface area contributed by atoms with Gasteiger partial charge in [-0.15, -0.1) is 0 Å². The van der Waals surface area contributed by atoms with Gasteiger partial charge in [0.25, 0.3) is 0 Å². The molecule has 3 rings (SSSR count). The number of aromatic nitrogens is 2. The van der Waals surface area contributed by atoms with Crippen LogP contribution in [0.1, 0.15) is 39.5 Å². The second kappa shape index (κ2) is 6.17. The van der Waals surface area contributed by atoms with Crippen molar-refractivity contribution in [3.8, 4) is 0 Å². The highest BCUT2D eigenvalue weighted by Crippen LogP contribution is 2.28. The first kappa shape index (κ1) is 13.9. The molecular formula is C16H28N4. The van der Waals surface area contributed by atoms with E-state index in [2.05, 4.69) is 39.8 Å². The van der Waals surface area contributed by atoms with Gasteiger partial charge in [-0.25, -0.2) is 4.98 Å². The third kappa shape index (κ3) is 3.00. The van der Waals surface area contributed by atoms with Crippen molar-refractivity contribution in [2.24, 2.45) is 11.8 Å². The Morgan fingerprint density at radius 3 is 2.75 bits per heavy atom. The lowest BCUT2D eigenvalue weighted by Gasteiger charge is -2.35. The van der Waals surface area contributed by atoms with Crippen molar-refractivity contribution in [1.82, 2.24) is 14.9 Å². The molecule has 1 N–H and O–H groups in total.